The fourth-order valence-corrected chi connectivity index (χ4v) is 3.31. The molecule has 2 heterocycles. The number of nitrogens with one attached hydrogen (secondary N) is 1. The second-order valence-electron chi connectivity index (χ2n) is 4.47. The molecule has 0 bridgehead atoms. The zero-order valence-corrected chi connectivity index (χ0v) is 13.6. The Morgan fingerprint density at radius 3 is 2.90 bits per heavy atom. The summed E-state index contributed by atoms with van der Waals surface area (Å²) in [4.78, 5) is 1.19. The summed E-state index contributed by atoms with van der Waals surface area (Å²) in [6, 6.07) is 2.11. The minimum Gasteiger partial charge on any atom is -0.496 e. The number of ether oxygens (including phenoxy) is 1. The van der Waals surface area contributed by atoms with E-state index in [4.69, 9.17) is 16.3 Å². The number of hydrogen-bond donors (Lipinski definition) is 1. The Hall–Kier alpha value is -1.04. The number of rotatable bonds is 7. The molecule has 0 spiro atoms. The topological polar surface area (TPSA) is 39.1 Å². The van der Waals surface area contributed by atoms with Crippen molar-refractivity contribution in [2.75, 3.05) is 13.7 Å². The molecule has 0 aliphatic carbocycles. The zero-order chi connectivity index (χ0) is 14.5. The minimum absolute atomic E-state index is 0.0544. The van der Waals surface area contributed by atoms with E-state index in [1.807, 2.05) is 10.1 Å². The summed E-state index contributed by atoms with van der Waals surface area (Å²) in [5.74, 6) is 0.881. The molecule has 2 rings (SSSR count). The van der Waals surface area contributed by atoms with Gasteiger partial charge in [0.25, 0.3) is 0 Å². The fraction of sp³-hybridized carbons (Fsp3) is 0.500. The van der Waals surface area contributed by atoms with Crippen LogP contribution in [0.15, 0.2) is 17.6 Å². The van der Waals surface area contributed by atoms with Crippen LogP contribution in [0, 0.1) is 0 Å². The Morgan fingerprint density at radius 1 is 1.50 bits per heavy atom. The Labute approximate surface area is 128 Å². The standard InChI is InChI=1S/C14H20ClN3OS/c1-4-6-16-13(12-7-10(19-3)9-20-12)14-11(15)8-17-18(14)5-2/h7-9,13,16H,4-6H2,1-3H3. The molecule has 4 nitrogen and oxygen atoms in total. The summed E-state index contributed by atoms with van der Waals surface area (Å²) in [7, 11) is 1.68. The first-order valence-corrected chi connectivity index (χ1v) is 8.04. The van der Waals surface area contributed by atoms with Crippen molar-refractivity contribution in [3.63, 3.8) is 0 Å². The lowest BCUT2D eigenvalue weighted by molar-refractivity contribution is 0.416. The number of nitrogens with zero attached hydrogens (tertiary/aromatic N) is 2. The molecule has 0 saturated heterocycles. The Kier molecular flexibility index (Phi) is 5.46. The van der Waals surface area contributed by atoms with Gasteiger partial charge in [-0.1, -0.05) is 18.5 Å². The summed E-state index contributed by atoms with van der Waals surface area (Å²) in [6.07, 6.45) is 2.78. The predicted molar refractivity (Wildman–Crippen MR) is 83.9 cm³/mol. The van der Waals surface area contributed by atoms with Crippen LogP contribution in [-0.2, 0) is 6.54 Å². The average molecular weight is 314 g/mol. The first-order valence-electron chi connectivity index (χ1n) is 6.78. The van der Waals surface area contributed by atoms with Gasteiger partial charge in [0, 0.05) is 16.8 Å². The molecule has 1 N–H and O–H groups in total. The molecular weight excluding hydrogens is 294 g/mol. The van der Waals surface area contributed by atoms with Crippen molar-refractivity contribution in [3.05, 3.63) is 33.2 Å². The number of thiophene rings is 1. The zero-order valence-electron chi connectivity index (χ0n) is 12.0. The van der Waals surface area contributed by atoms with Gasteiger partial charge in [0.1, 0.15) is 5.75 Å². The van der Waals surface area contributed by atoms with Gasteiger partial charge in [-0.2, -0.15) is 5.10 Å². The third-order valence-electron chi connectivity index (χ3n) is 3.12. The monoisotopic (exact) mass is 313 g/mol. The van der Waals surface area contributed by atoms with E-state index in [1.165, 1.54) is 4.88 Å². The lowest BCUT2D eigenvalue weighted by Gasteiger charge is -2.19. The van der Waals surface area contributed by atoms with Crippen LogP contribution in [-0.4, -0.2) is 23.4 Å². The Balaban J connectivity index is 2.38. The van der Waals surface area contributed by atoms with Crippen LogP contribution < -0.4 is 10.1 Å². The van der Waals surface area contributed by atoms with E-state index in [0.29, 0.717) is 5.02 Å². The predicted octanol–water partition coefficient (Wildman–Crippen LogP) is 3.72. The number of aromatic nitrogens is 2. The van der Waals surface area contributed by atoms with E-state index >= 15 is 0 Å². The average Bonchev–Trinajstić information content (AvgIpc) is 3.07. The van der Waals surface area contributed by atoms with Crippen LogP contribution in [0.3, 0.4) is 0 Å². The largest absolute Gasteiger partial charge is 0.496 e. The third kappa shape index (κ3) is 3.16. The van der Waals surface area contributed by atoms with Crippen molar-refractivity contribution in [2.45, 2.75) is 32.9 Å². The summed E-state index contributed by atoms with van der Waals surface area (Å²) in [6.45, 7) is 5.95. The maximum atomic E-state index is 6.34. The molecule has 1 unspecified atom stereocenters. The highest BCUT2D eigenvalue weighted by molar-refractivity contribution is 7.10. The summed E-state index contributed by atoms with van der Waals surface area (Å²) in [5.41, 5.74) is 1.02. The van der Waals surface area contributed by atoms with Crippen molar-refractivity contribution < 1.29 is 4.74 Å². The number of hydrogen-bond acceptors (Lipinski definition) is 4. The molecule has 20 heavy (non-hydrogen) atoms. The van der Waals surface area contributed by atoms with E-state index < -0.39 is 0 Å². The summed E-state index contributed by atoms with van der Waals surface area (Å²) in [5, 5.41) is 10.6. The van der Waals surface area contributed by atoms with E-state index in [9.17, 15) is 0 Å². The molecule has 0 aromatic carbocycles. The fourth-order valence-electron chi connectivity index (χ4n) is 2.12. The smallest absolute Gasteiger partial charge is 0.129 e. The van der Waals surface area contributed by atoms with Crippen LogP contribution in [0.25, 0.3) is 0 Å². The first kappa shape index (κ1) is 15.4. The number of methoxy groups -OCH3 is 1. The van der Waals surface area contributed by atoms with E-state index in [1.54, 1.807) is 24.6 Å². The van der Waals surface area contributed by atoms with E-state index in [0.717, 1.165) is 31.0 Å². The van der Waals surface area contributed by atoms with Gasteiger partial charge >= 0.3 is 0 Å². The molecule has 0 aliphatic heterocycles. The highest BCUT2D eigenvalue weighted by Gasteiger charge is 2.23. The highest BCUT2D eigenvalue weighted by atomic mass is 35.5. The van der Waals surface area contributed by atoms with Crippen LogP contribution in [0.1, 0.15) is 36.9 Å². The lowest BCUT2D eigenvalue weighted by Crippen LogP contribution is -2.25. The molecule has 0 fully saturated rings. The Bertz CT molecular complexity index is 552. The molecule has 0 amide bonds. The van der Waals surface area contributed by atoms with Gasteiger partial charge in [0.05, 0.1) is 30.1 Å². The van der Waals surface area contributed by atoms with Crippen molar-refractivity contribution in [1.82, 2.24) is 15.1 Å². The molecule has 1 atom stereocenters. The summed E-state index contributed by atoms with van der Waals surface area (Å²) >= 11 is 8.01. The maximum absolute atomic E-state index is 6.34. The van der Waals surface area contributed by atoms with E-state index in [-0.39, 0.29) is 6.04 Å². The molecular formula is C14H20ClN3OS. The molecule has 2 aromatic heterocycles. The van der Waals surface area contributed by atoms with Crippen LogP contribution in [0.4, 0.5) is 0 Å². The van der Waals surface area contributed by atoms with Crippen LogP contribution >= 0.6 is 22.9 Å². The Morgan fingerprint density at radius 2 is 2.30 bits per heavy atom. The number of halogens is 1. The molecule has 0 radical (unpaired) electrons. The van der Waals surface area contributed by atoms with Crippen LogP contribution in [0.2, 0.25) is 5.02 Å². The third-order valence-corrected chi connectivity index (χ3v) is 4.39. The molecule has 0 saturated carbocycles. The van der Waals surface area contributed by atoms with Gasteiger partial charge in [-0.25, -0.2) is 0 Å². The number of aryl methyl sites for hydroxylation is 1. The second-order valence-corrected chi connectivity index (χ2v) is 5.82. The van der Waals surface area contributed by atoms with Crippen LogP contribution in [0.5, 0.6) is 5.75 Å². The minimum atomic E-state index is 0.0544. The van der Waals surface area contributed by atoms with Crippen molar-refractivity contribution in [2.24, 2.45) is 0 Å². The first-order chi connectivity index (χ1) is 9.71. The van der Waals surface area contributed by atoms with Gasteiger partial charge in [0.15, 0.2) is 0 Å². The van der Waals surface area contributed by atoms with E-state index in [2.05, 4.69) is 30.3 Å². The van der Waals surface area contributed by atoms with Crippen molar-refractivity contribution in [3.8, 4) is 5.75 Å². The molecule has 0 aliphatic rings. The van der Waals surface area contributed by atoms with Gasteiger partial charge in [-0.05, 0) is 26.0 Å². The van der Waals surface area contributed by atoms with Crippen molar-refractivity contribution >= 4 is 22.9 Å². The van der Waals surface area contributed by atoms with Gasteiger partial charge in [-0.3, -0.25) is 4.68 Å². The van der Waals surface area contributed by atoms with Gasteiger partial charge in [-0.15, -0.1) is 11.3 Å². The lowest BCUT2D eigenvalue weighted by atomic mass is 10.1. The summed E-state index contributed by atoms with van der Waals surface area (Å²) < 4.78 is 7.23. The SMILES string of the molecule is CCCNC(c1cc(OC)cs1)c1c(Cl)cnn1CC. The second kappa shape index (κ2) is 7.11. The highest BCUT2D eigenvalue weighted by Crippen LogP contribution is 2.34. The molecule has 6 heteroatoms. The normalized spacial score (nSPS) is 12.6. The molecule has 110 valence electrons. The molecule has 2 aromatic rings. The van der Waals surface area contributed by atoms with Gasteiger partial charge in [0.2, 0.25) is 0 Å². The van der Waals surface area contributed by atoms with Gasteiger partial charge < -0.3 is 10.1 Å². The quantitative estimate of drug-likeness (QED) is 0.847. The maximum Gasteiger partial charge on any atom is 0.129 e. The van der Waals surface area contributed by atoms with Crippen molar-refractivity contribution in [1.29, 1.82) is 0 Å².